The molecule has 5 unspecified atom stereocenters. The molecule has 0 amide bonds. The van der Waals surface area contributed by atoms with Crippen LogP contribution >= 0.6 is 0 Å². The van der Waals surface area contributed by atoms with Gasteiger partial charge in [-0.15, -0.1) is 0 Å². The van der Waals surface area contributed by atoms with Crippen molar-refractivity contribution >= 4 is 11.6 Å². The Morgan fingerprint density at radius 1 is 1.08 bits per heavy atom. The lowest BCUT2D eigenvalue weighted by Gasteiger charge is -2.51. The fraction of sp³-hybridized carbons (Fsp3) is 0.700. The number of hydrogen-bond donors (Lipinski definition) is 2. The van der Waals surface area contributed by atoms with E-state index in [0.29, 0.717) is 17.6 Å². The zero-order valence-electron chi connectivity index (χ0n) is 14.8. The predicted molar refractivity (Wildman–Crippen MR) is 91.2 cm³/mol. The molecule has 0 aromatic rings. The molecule has 0 heterocycles. The fourth-order valence-corrected chi connectivity index (χ4v) is 5.29. The Bertz CT molecular complexity index is 630. The van der Waals surface area contributed by atoms with Crippen LogP contribution in [-0.2, 0) is 9.59 Å². The monoisotopic (exact) mass is 332 g/mol. The maximum atomic E-state index is 13.1. The van der Waals surface area contributed by atoms with Gasteiger partial charge in [-0.05, 0) is 42.6 Å². The first-order valence-corrected chi connectivity index (χ1v) is 8.93. The van der Waals surface area contributed by atoms with Crippen molar-refractivity contribution in [1.29, 1.82) is 0 Å². The van der Waals surface area contributed by atoms with E-state index >= 15 is 0 Å². The zero-order valence-corrected chi connectivity index (χ0v) is 14.8. The molecule has 2 bridgehead atoms. The van der Waals surface area contributed by atoms with Crippen molar-refractivity contribution in [2.45, 2.75) is 65.1 Å². The lowest BCUT2D eigenvalue weighted by molar-refractivity contribution is -0.149. The number of rotatable bonds is 0. The molecule has 132 valence electrons. The van der Waals surface area contributed by atoms with Gasteiger partial charge in [0.1, 0.15) is 6.10 Å². The van der Waals surface area contributed by atoms with Crippen LogP contribution in [0.25, 0.3) is 0 Å². The van der Waals surface area contributed by atoms with Gasteiger partial charge < -0.3 is 10.2 Å². The lowest BCUT2D eigenvalue weighted by Crippen LogP contribution is -2.51. The summed E-state index contributed by atoms with van der Waals surface area (Å²) in [5, 5.41) is 21.3. The van der Waals surface area contributed by atoms with Gasteiger partial charge in [0.05, 0.1) is 6.10 Å². The third kappa shape index (κ3) is 2.51. The summed E-state index contributed by atoms with van der Waals surface area (Å²) in [5.74, 6) is -0.784. The van der Waals surface area contributed by atoms with E-state index in [2.05, 4.69) is 20.4 Å². The van der Waals surface area contributed by atoms with E-state index in [1.165, 1.54) is 0 Å². The summed E-state index contributed by atoms with van der Waals surface area (Å²) in [4.78, 5) is 25.5. The van der Waals surface area contributed by atoms with E-state index in [4.69, 9.17) is 0 Å². The summed E-state index contributed by atoms with van der Waals surface area (Å²) in [7, 11) is 0. The van der Waals surface area contributed by atoms with Crippen molar-refractivity contribution in [1.82, 2.24) is 0 Å². The Morgan fingerprint density at radius 2 is 1.75 bits per heavy atom. The van der Waals surface area contributed by atoms with Gasteiger partial charge in [0.15, 0.2) is 11.6 Å². The summed E-state index contributed by atoms with van der Waals surface area (Å²) in [6.07, 6.45) is 2.95. The Morgan fingerprint density at radius 3 is 2.42 bits per heavy atom. The van der Waals surface area contributed by atoms with Gasteiger partial charge >= 0.3 is 0 Å². The van der Waals surface area contributed by atoms with Crippen molar-refractivity contribution in [3.63, 3.8) is 0 Å². The molecule has 4 heteroatoms. The lowest BCUT2D eigenvalue weighted by atomic mass is 9.52. The van der Waals surface area contributed by atoms with E-state index < -0.39 is 17.6 Å². The molecular weight excluding hydrogens is 304 g/mol. The van der Waals surface area contributed by atoms with Crippen molar-refractivity contribution in [2.24, 2.45) is 22.7 Å². The Hall–Kier alpha value is -1.26. The van der Waals surface area contributed by atoms with Crippen LogP contribution in [0.3, 0.4) is 0 Å². The standard InChI is InChI=1S/C20H28O4/c1-11-12-8-13(17(11)23)14(21)10-16-19(2,3)6-5-7-20(16,4)18(24)15(22)9-12/h8,12,14-16,21-22H,1,5-7,9-10H2,2-4H3. The fourth-order valence-electron chi connectivity index (χ4n) is 5.29. The van der Waals surface area contributed by atoms with Gasteiger partial charge in [0, 0.05) is 16.9 Å². The van der Waals surface area contributed by atoms with Gasteiger partial charge in [-0.3, -0.25) is 9.59 Å². The molecule has 0 saturated heterocycles. The molecule has 0 aliphatic heterocycles. The molecule has 3 aliphatic carbocycles. The molecule has 4 nitrogen and oxygen atoms in total. The number of ketones is 2. The summed E-state index contributed by atoms with van der Waals surface area (Å²) in [6, 6.07) is 0. The number of fused-ring (bicyclic) bond motifs is 2. The van der Waals surface area contributed by atoms with E-state index in [1.807, 2.05) is 6.92 Å². The molecule has 0 aromatic carbocycles. The predicted octanol–water partition coefficient (Wildman–Crippen LogP) is 2.59. The van der Waals surface area contributed by atoms with Gasteiger partial charge in [-0.2, -0.15) is 0 Å². The maximum absolute atomic E-state index is 13.1. The van der Waals surface area contributed by atoms with Crippen LogP contribution in [0.1, 0.15) is 52.9 Å². The quantitative estimate of drug-likeness (QED) is 0.669. The zero-order chi connectivity index (χ0) is 17.9. The molecular formula is C20H28O4. The Labute approximate surface area is 143 Å². The topological polar surface area (TPSA) is 74.6 Å². The second-order valence-electron chi connectivity index (χ2n) is 8.76. The van der Waals surface area contributed by atoms with Crippen molar-refractivity contribution in [3.05, 3.63) is 23.8 Å². The van der Waals surface area contributed by atoms with Crippen LogP contribution in [0.15, 0.2) is 23.8 Å². The normalized spacial score (nSPS) is 42.5. The largest absolute Gasteiger partial charge is 0.388 e. The van der Waals surface area contributed by atoms with Gasteiger partial charge in [0.2, 0.25) is 0 Å². The maximum Gasteiger partial charge on any atom is 0.187 e. The first-order chi connectivity index (χ1) is 11.1. The van der Waals surface area contributed by atoms with E-state index in [9.17, 15) is 19.8 Å². The van der Waals surface area contributed by atoms with E-state index in [-0.39, 0.29) is 35.2 Å². The van der Waals surface area contributed by atoms with Crippen LogP contribution in [0, 0.1) is 22.7 Å². The van der Waals surface area contributed by atoms with E-state index in [0.717, 1.165) is 19.3 Å². The number of Topliss-reactive ketones (excluding diaryl/α,β-unsaturated/α-hetero) is 2. The summed E-state index contributed by atoms with van der Waals surface area (Å²) < 4.78 is 0. The smallest absolute Gasteiger partial charge is 0.187 e. The second kappa shape index (κ2) is 5.63. The van der Waals surface area contributed by atoms with Crippen molar-refractivity contribution < 1.29 is 19.8 Å². The molecule has 24 heavy (non-hydrogen) atoms. The van der Waals surface area contributed by atoms with Crippen LogP contribution in [0.5, 0.6) is 0 Å². The van der Waals surface area contributed by atoms with Gasteiger partial charge in [-0.1, -0.05) is 39.8 Å². The number of allylic oxidation sites excluding steroid dienone is 2. The minimum absolute atomic E-state index is 0.0741. The SMILES string of the molecule is C=C1C(=O)C2=CC1CC(O)C(=O)C1(C)CCCC(C)(C)C1CC2O. The summed E-state index contributed by atoms with van der Waals surface area (Å²) >= 11 is 0. The van der Waals surface area contributed by atoms with Crippen LogP contribution in [0.4, 0.5) is 0 Å². The van der Waals surface area contributed by atoms with E-state index in [1.54, 1.807) is 6.08 Å². The highest BCUT2D eigenvalue weighted by atomic mass is 16.3. The molecule has 0 spiro atoms. The number of carbonyl (C=O) groups excluding carboxylic acids is 2. The molecule has 3 aliphatic rings. The molecule has 2 N–H and O–H groups in total. The number of carbonyl (C=O) groups is 2. The highest BCUT2D eigenvalue weighted by molar-refractivity contribution is 6.11. The molecule has 5 atom stereocenters. The van der Waals surface area contributed by atoms with Gasteiger partial charge in [0.25, 0.3) is 0 Å². The highest BCUT2D eigenvalue weighted by Crippen LogP contribution is 2.55. The third-order valence-corrected chi connectivity index (χ3v) is 6.77. The molecule has 0 radical (unpaired) electrons. The number of aliphatic hydroxyl groups excluding tert-OH is 2. The minimum Gasteiger partial charge on any atom is -0.388 e. The molecule has 1 saturated carbocycles. The third-order valence-electron chi connectivity index (χ3n) is 6.77. The second-order valence-corrected chi connectivity index (χ2v) is 8.76. The summed E-state index contributed by atoms with van der Waals surface area (Å²) in [6.45, 7) is 10.0. The Balaban J connectivity index is 2.08. The summed E-state index contributed by atoms with van der Waals surface area (Å²) in [5.41, 5.74) is -0.00846. The average molecular weight is 332 g/mol. The number of aliphatic hydroxyl groups is 2. The first kappa shape index (κ1) is 17.6. The van der Waals surface area contributed by atoms with Crippen LogP contribution in [0.2, 0.25) is 0 Å². The highest BCUT2D eigenvalue weighted by Gasteiger charge is 2.53. The minimum atomic E-state index is -1.09. The molecule has 1 fully saturated rings. The average Bonchev–Trinajstić information content (AvgIpc) is 2.77. The van der Waals surface area contributed by atoms with Crippen molar-refractivity contribution in [3.8, 4) is 0 Å². The molecule has 0 aromatic heterocycles. The van der Waals surface area contributed by atoms with Crippen LogP contribution < -0.4 is 0 Å². The van der Waals surface area contributed by atoms with Crippen LogP contribution in [-0.4, -0.2) is 34.0 Å². The number of hydrogen-bond acceptors (Lipinski definition) is 4. The molecule has 3 rings (SSSR count). The van der Waals surface area contributed by atoms with Crippen molar-refractivity contribution in [2.75, 3.05) is 0 Å². The van der Waals surface area contributed by atoms with Gasteiger partial charge in [-0.25, -0.2) is 0 Å². The Kier molecular flexibility index (Phi) is 4.12. The first-order valence-electron chi connectivity index (χ1n) is 8.93.